The van der Waals surface area contributed by atoms with Gasteiger partial charge in [0.15, 0.2) is 0 Å². The predicted octanol–water partition coefficient (Wildman–Crippen LogP) is 2.43. The summed E-state index contributed by atoms with van der Waals surface area (Å²) in [5.41, 5.74) is 1.68. The number of hydrogen-bond acceptors (Lipinski definition) is 3. The molecule has 3 rings (SSSR count). The van der Waals surface area contributed by atoms with Crippen molar-refractivity contribution in [2.45, 2.75) is 62.9 Å². The molecule has 1 heterocycles. The fourth-order valence-corrected chi connectivity index (χ4v) is 2.94. The van der Waals surface area contributed by atoms with Crippen LogP contribution in [-0.2, 0) is 5.41 Å². The minimum Gasteiger partial charge on any atom is -0.311 e. The maximum absolute atomic E-state index is 4.02. The normalized spacial score (nSPS) is 33.6. The molecule has 2 aliphatic rings. The van der Waals surface area contributed by atoms with Crippen LogP contribution in [0.25, 0.3) is 0 Å². The largest absolute Gasteiger partial charge is 0.311 e. The molecule has 0 unspecified atom stereocenters. The highest BCUT2D eigenvalue weighted by molar-refractivity contribution is 5.20. The van der Waals surface area contributed by atoms with Crippen LogP contribution >= 0.6 is 0 Å². The van der Waals surface area contributed by atoms with Gasteiger partial charge in [0.2, 0.25) is 0 Å². The first kappa shape index (κ1) is 11.1. The number of aromatic nitrogens is 2. The lowest BCUT2D eigenvalue weighted by Crippen LogP contribution is -2.39. The number of nitrogens with zero attached hydrogens (tertiary/aromatic N) is 2. The van der Waals surface area contributed by atoms with Gasteiger partial charge in [-0.05, 0) is 55.6 Å². The molecule has 2 saturated carbocycles. The minimum atomic E-state index is 0.317. The van der Waals surface area contributed by atoms with Crippen molar-refractivity contribution in [3.05, 3.63) is 24.0 Å². The molecule has 0 aliphatic heterocycles. The van der Waals surface area contributed by atoms with Crippen molar-refractivity contribution >= 4 is 0 Å². The molecule has 0 aromatic carbocycles. The molecule has 2 fully saturated rings. The molecule has 1 aromatic rings. The van der Waals surface area contributed by atoms with Crippen LogP contribution in [0.15, 0.2) is 18.5 Å². The second kappa shape index (κ2) is 4.37. The van der Waals surface area contributed by atoms with E-state index >= 15 is 0 Å². The van der Waals surface area contributed by atoms with Gasteiger partial charge in [0.05, 0.1) is 6.20 Å². The van der Waals surface area contributed by atoms with E-state index in [2.05, 4.69) is 28.5 Å². The highest BCUT2D eigenvalue weighted by Gasteiger charge is 2.34. The zero-order chi connectivity index (χ0) is 11.7. The molecule has 3 heteroatoms. The SMILES string of the molecule is CC1(c2ccnnc2)CCC(NC2CC2)CC1. The molecule has 0 radical (unpaired) electrons. The predicted molar refractivity (Wildman–Crippen MR) is 67.8 cm³/mol. The fourth-order valence-electron chi connectivity index (χ4n) is 2.94. The molecule has 1 aromatic heterocycles. The Hall–Kier alpha value is -0.960. The van der Waals surface area contributed by atoms with Crippen molar-refractivity contribution in [3.63, 3.8) is 0 Å². The van der Waals surface area contributed by atoms with E-state index in [1.165, 1.54) is 44.1 Å². The van der Waals surface area contributed by atoms with Gasteiger partial charge in [-0.25, -0.2) is 0 Å². The van der Waals surface area contributed by atoms with Crippen molar-refractivity contribution in [2.24, 2.45) is 0 Å². The van der Waals surface area contributed by atoms with Gasteiger partial charge in [-0.1, -0.05) is 6.92 Å². The number of hydrogen-bond donors (Lipinski definition) is 1. The Bertz CT molecular complexity index is 364. The summed E-state index contributed by atoms with van der Waals surface area (Å²) in [5.74, 6) is 0. The van der Waals surface area contributed by atoms with Crippen LogP contribution < -0.4 is 5.32 Å². The first-order valence-corrected chi connectivity index (χ1v) is 6.79. The Morgan fingerprint density at radius 1 is 1.12 bits per heavy atom. The van der Waals surface area contributed by atoms with E-state index in [0.717, 1.165) is 12.1 Å². The van der Waals surface area contributed by atoms with Crippen LogP contribution in [0.1, 0.15) is 51.0 Å². The van der Waals surface area contributed by atoms with Crippen molar-refractivity contribution < 1.29 is 0 Å². The van der Waals surface area contributed by atoms with Gasteiger partial charge < -0.3 is 5.32 Å². The lowest BCUT2D eigenvalue weighted by molar-refractivity contribution is 0.262. The first-order valence-electron chi connectivity index (χ1n) is 6.79. The summed E-state index contributed by atoms with van der Waals surface area (Å²) < 4.78 is 0. The third kappa shape index (κ3) is 2.49. The Balaban J connectivity index is 1.62. The van der Waals surface area contributed by atoms with E-state index in [-0.39, 0.29) is 0 Å². The zero-order valence-corrected chi connectivity index (χ0v) is 10.5. The van der Waals surface area contributed by atoms with Gasteiger partial charge >= 0.3 is 0 Å². The third-order valence-electron chi connectivity index (χ3n) is 4.42. The van der Waals surface area contributed by atoms with Crippen LogP contribution in [0.4, 0.5) is 0 Å². The lowest BCUT2D eigenvalue weighted by atomic mass is 9.70. The highest BCUT2D eigenvalue weighted by Crippen LogP contribution is 2.39. The van der Waals surface area contributed by atoms with Crippen molar-refractivity contribution in [1.82, 2.24) is 15.5 Å². The maximum atomic E-state index is 4.02. The second-order valence-electron chi connectivity index (χ2n) is 5.91. The number of rotatable bonds is 3. The van der Waals surface area contributed by atoms with Gasteiger partial charge in [0, 0.05) is 18.3 Å². The summed E-state index contributed by atoms with van der Waals surface area (Å²) in [6.07, 6.45) is 11.7. The van der Waals surface area contributed by atoms with Crippen molar-refractivity contribution in [3.8, 4) is 0 Å². The molecule has 0 saturated heterocycles. The molecule has 0 atom stereocenters. The summed E-state index contributed by atoms with van der Waals surface area (Å²) >= 11 is 0. The van der Waals surface area contributed by atoms with E-state index < -0.39 is 0 Å². The Labute approximate surface area is 103 Å². The van der Waals surface area contributed by atoms with Crippen LogP contribution in [0.2, 0.25) is 0 Å². The maximum Gasteiger partial charge on any atom is 0.0533 e. The standard InChI is InChI=1S/C14H21N3/c1-14(11-6-9-15-16-10-11)7-4-13(5-8-14)17-12-2-3-12/h6,9-10,12-13,17H,2-5,7-8H2,1H3. The van der Waals surface area contributed by atoms with Crippen molar-refractivity contribution in [2.75, 3.05) is 0 Å². The van der Waals surface area contributed by atoms with Crippen LogP contribution in [0.3, 0.4) is 0 Å². The quantitative estimate of drug-likeness (QED) is 0.868. The highest BCUT2D eigenvalue weighted by atomic mass is 15.1. The van der Waals surface area contributed by atoms with Gasteiger partial charge in [0.1, 0.15) is 0 Å². The summed E-state index contributed by atoms with van der Waals surface area (Å²) in [4.78, 5) is 0. The van der Waals surface area contributed by atoms with Crippen molar-refractivity contribution in [1.29, 1.82) is 0 Å². The van der Waals surface area contributed by atoms with Crippen LogP contribution in [-0.4, -0.2) is 22.3 Å². The van der Waals surface area contributed by atoms with Crippen LogP contribution in [0, 0.1) is 0 Å². The average Bonchev–Trinajstić information content (AvgIpc) is 3.18. The molecular formula is C14H21N3. The number of nitrogens with one attached hydrogen (secondary N) is 1. The smallest absolute Gasteiger partial charge is 0.0533 e. The Morgan fingerprint density at radius 3 is 2.41 bits per heavy atom. The molecule has 3 nitrogen and oxygen atoms in total. The molecule has 0 amide bonds. The lowest BCUT2D eigenvalue weighted by Gasteiger charge is -2.38. The zero-order valence-electron chi connectivity index (χ0n) is 10.5. The molecule has 0 bridgehead atoms. The summed E-state index contributed by atoms with van der Waals surface area (Å²) in [5, 5.41) is 11.6. The third-order valence-corrected chi connectivity index (χ3v) is 4.42. The van der Waals surface area contributed by atoms with E-state index in [1.54, 1.807) is 0 Å². The van der Waals surface area contributed by atoms with Gasteiger partial charge in [-0.15, -0.1) is 0 Å². The molecule has 17 heavy (non-hydrogen) atoms. The monoisotopic (exact) mass is 231 g/mol. The van der Waals surface area contributed by atoms with E-state index in [4.69, 9.17) is 0 Å². The minimum absolute atomic E-state index is 0.317. The molecule has 2 aliphatic carbocycles. The van der Waals surface area contributed by atoms with E-state index in [1.807, 2.05) is 12.4 Å². The average molecular weight is 231 g/mol. The Kier molecular flexibility index (Phi) is 2.87. The van der Waals surface area contributed by atoms with E-state index in [0.29, 0.717) is 5.41 Å². The molecule has 1 N–H and O–H groups in total. The summed E-state index contributed by atoms with van der Waals surface area (Å²) in [6, 6.07) is 3.72. The Morgan fingerprint density at radius 2 is 1.82 bits per heavy atom. The summed E-state index contributed by atoms with van der Waals surface area (Å²) in [6.45, 7) is 2.37. The van der Waals surface area contributed by atoms with E-state index in [9.17, 15) is 0 Å². The van der Waals surface area contributed by atoms with Crippen LogP contribution in [0.5, 0.6) is 0 Å². The molecular weight excluding hydrogens is 210 g/mol. The topological polar surface area (TPSA) is 37.8 Å². The van der Waals surface area contributed by atoms with Gasteiger partial charge in [0.25, 0.3) is 0 Å². The fraction of sp³-hybridized carbons (Fsp3) is 0.714. The summed E-state index contributed by atoms with van der Waals surface area (Å²) in [7, 11) is 0. The second-order valence-corrected chi connectivity index (χ2v) is 5.91. The molecule has 92 valence electrons. The van der Waals surface area contributed by atoms with Gasteiger partial charge in [-0.3, -0.25) is 0 Å². The molecule has 0 spiro atoms. The first-order chi connectivity index (χ1) is 8.26. The van der Waals surface area contributed by atoms with Gasteiger partial charge in [-0.2, -0.15) is 10.2 Å².